The summed E-state index contributed by atoms with van der Waals surface area (Å²) in [5, 5.41) is 11.7. The predicted molar refractivity (Wildman–Crippen MR) is 97.4 cm³/mol. The van der Waals surface area contributed by atoms with Crippen LogP contribution in [0.3, 0.4) is 0 Å². The maximum Gasteiger partial charge on any atom is 0.270 e. The molecule has 24 heavy (non-hydrogen) atoms. The lowest BCUT2D eigenvalue weighted by Gasteiger charge is -2.39. The van der Waals surface area contributed by atoms with E-state index in [0.717, 1.165) is 36.8 Å². The number of likely N-dealkylation sites (tertiary alicyclic amines) is 1. The van der Waals surface area contributed by atoms with Crippen molar-refractivity contribution < 1.29 is 9.90 Å². The fourth-order valence-corrected chi connectivity index (χ4v) is 3.89. The molecule has 2 heterocycles. The lowest BCUT2D eigenvalue weighted by Crippen LogP contribution is -2.44. The summed E-state index contributed by atoms with van der Waals surface area (Å²) >= 11 is 6.01. The van der Waals surface area contributed by atoms with Crippen LogP contribution < -0.4 is 0 Å². The minimum atomic E-state index is -0.651. The molecule has 2 atom stereocenters. The molecule has 2 unspecified atom stereocenters. The molecule has 1 aliphatic rings. The van der Waals surface area contributed by atoms with Crippen LogP contribution in [0.2, 0.25) is 5.02 Å². The summed E-state index contributed by atoms with van der Waals surface area (Å²) in [7, 11) is 0. The number of carbonyl (C=O) groups is 1. The minimum absolute atomic E-state index is 0.0379. The number of H-pyrrole nitrogens is 1. The van der Waals surface area contributed by atoms with Gasteiger partial charge in [0.05, 0.1) is 5.60 Å². The molecule has 1 saturated heterocycles. The highest BCUT2D eigenvalue weighted by molar-refractivity contribution is 6.31. The average molecular weight is 349 g/mol. The topological polar surface area (TPSA) is 56.3 Å². The molecule has 0 radical (unpaired) electrons. The third-order valence-corrected chi connectivity index (χ3v) is 5.18. The standard InChI is InChI=1S/C19H25ClN2O2/c1-12-11-22(7-6-13(12)10-19(2,3)24)18(23)17-9-14-8-15(20)4-5-16(14)21-17/h4-5,8-9,12-13,21,24H,6-7,10-11H2,1-3H3. The Morgan fingerprint density at radius 3 is 2.83 bits per heavy atom. The van der Waals surface area contributed by atoms with Crippen LogP contribution in [-0.4, -0.2) is 39.6 Å². The lowest BCUT2D eigenvalue weighted by molar-refractivity contribution is 0.0200. The Hall–Kier alpha value is -1.52. The largest absolute Gasteiger partial charge is 0.390 e. The molecule has 0 saturated carbocycles. The number of aromatic nitrogens is 1. The fraction of sp³-hybridized carbons (Fsp3) is 0.526. The van der Waals surface area contributed by atoms with Gasteiger partial charge in [0.25, 0.3) is 5.91 Å². The number of halogens is 1. The monoisotopic (exact) mass is 348 g/mol. The first-order chi connectivity index (χ1) is 11.2. The van der Waals surface area contributed by atoms with Gasteiger partial charge in [0, 0.05) is 29.0 Å². The molecule has 0 spiro atoms. The normalized spacial score (nSPS) is 22.1. The third-order valence-electron chi connectivity index (χ3n) is 4.95. The number of aromatic amines is 1. The molecule has 1 aromatic heterocycles. The number of rotatable bonds is 3. The first kappa shape index (κ1) is 17.3. The molecule has 5 heteroatoms. The van der Waals surface area contributed by atoms with Gasteiger partial charge in [-0.15, -0.1) is 0 Å². The molecule has 2 N–H and O–H groups in total. The van der Waals surface area contributed by atoms with Crippen LogP contribution in [0.4, 0.5) is 0 Å². The van der Waals surface area contributed by atoms with Crippen LogP contribution in [-0.2, 0) is 0 Å². The Bertz CT molecular complexity index is 747. The quantitative estimate of drug-likeness (QED) is 0.878. The zero-order chi connectivity index (χ0) is 17.5. The predicted octanol–water partition coefficient (Wildman–Crippen LogP) is 4.08. The van der Waals surface area contributed by atoms with E-state index in [9.17, 15) is 9.90 Å². The number of hydrogen-bond acceptors (Lipinski definition) is 2. The van der Waals surface area contributed by atoms with E-state index in [2.05, 4.69) is 11.9 Å². The Morgan fingerprint density at radius 1 is 1.42 bits per heavy atom. The molecular weight excluding hydrogens is 324 g/mol. The van der Waals surface area contributed by atoms with Crippen molar-refractivity contribution in [1.29, 1.82) is 0 Å². The zero-order valence-electron chi connectivity index (χ0n) is 14.5. The number of fused-ring (bicyclic) bond motifs is 1. The van der Waals surface area contributed by atoms with Crippen LogP contribution in [0, 0.1) is 11.8 Å². The fourth-order valence-electron chi connectivity index (χ4n) is 3.71. The second-order valence-corrected chi connectivity index (χ2v) is 8.14. The van der Waals surface area contributed by atoms with Gasteiger partial charge in [0.1, 0.15) is 5.69 Å². The maximum atomic E-state index is 12.8. The van der Waals surface area contributed by atoms with Crippen molar-refractivity contribution in [3.63, 3.8) is 0 Å². The van der Waals surface area contributed by atoms with E-state index in [0.29, 0.717) is 22.6 Å². The number of nitrogens with zero attached hydrogens (tertiary/aromatic N) is 1. The number of nitrogens with one attached hydrogen (secondary N) is 1. The number of piperidine rings is 1. The summed E-state index contributed by atoms with van der Waals surface area (Å²) in [5.41, 5.74) is 0.884. The van der Waals surface area contributed by atoms with Gasteiger partial charge < -0.3 is 15.0 Å². The van der Waals surface area contributed by atoms with Crippen LogP contribution in [0.15, 0.2) is 24.3 Å². The second-order valence-electron chi connectivity index (χ2n) is 7.71. The van der Waals surface area contributed by atoms with E-state index < -0.39 is 5.60 Å². The van der Waals surface area contributed by atoms with E-state index in [-0.39, 0.29) is 5.91 Å². The first-order valence-electron chi connectivity index (χ1n) is 8.53. The molecule has 4 nitrogen and oxygen atoms in total. The minimum Gasteiger partial charge on any atom is -0.390 e. The average Bonchev–Trinajstić information content (AvgIpc) is 2.90. The van der Waals surface area contributed by atoms with E-state index >= 15 is 0 Å². The van der Waals surface area contributed by atoms with E-state index in [1.165, 1.54) is 0 Å². The van der Waals surface area contributed by atoms with Crippen molar-refractivity contribution in [2.24, 2.45) is 11.8 Å². The van der Waals surface area contributed by atoms with Gasteiger partial charge in [0.15, 0.2) is 0 Å². The van der Waals surface area contributed by atoms with E-state index in [4.69, 9.17) is 11.6 Å². The van der Waals surface area contributed by atoms with Crippen molar-refractivity contribution >= 4 is 28.4 Å². The van der Waals surface area contributed by atoms with Gasteiger partial charge in [0.2, 0.25) is 0 Å². The number of benzene rings is 1. The Labute approximate surface area is 147 Å². The van der Waals surface area contributed by atoms with Gasteiger partial charge in [-0.3, -0.25) is 4.79 Å². The highest BCUT2D eigenvalue weighted by atomic mass is 35.5. The van der Waals surface area contributed by atoms with Crippen molar-refractivity contribution in [2.75, 3.05) is 13.1 Å². The van der Waals surface area contributed by atoms with Crippen LogP contribution in [0.25, 0.3) is 10.9 Å². The van der Waals surface area contributed by atoms with Crippen LogP contribution in [0.1, 0.15) is 44.1 Å². The number of carbonyl (C=O) groups excluding carboxylic acids is 1. The molecule has 2 aromatic rings. The number of hydrogen-bond donors (Lipinski definition) is 2. The summed E-state index contributed by atoms with van der Waals surface area (Å²) in [6, 6.07) is 7.45. The molecule has 1 aromatic carbocycles. The van der Waals surface area contributed by atoms with Gasteiger partial charge >= 0.3 is 0 Å². The molecule has 1 fully saturated rings. The summed E-state index contributed by atoms with van der Waals surface area (Å²) in [5.74, 6) is 0.874. The van der Waals surface area contributed by atoms with Crippen LogP contribution >= 0.6 is 11.6 Å². The summed E-state index contributed by atoms with van der Waals surface area (Å²) in [4.78, 5) is 17.9. The van der Waals surface area contributed by atoms with Crippen molar-refractivity contribution in [3.05, 3.63) is 35.0 Å². The van der Waals surface area contributed by atoms with Gasteiger partial charge in [-0.05, 0) is 62.8 Å². The van der Waals surface area contributed by atoms with E-state index in [1.807, 2.05) is 43.0 Å². The molecule has 0 aliphatic carbocycles. The summed E-state index contributed by atoms with van der Waals surface area (Å²) in [6.45, 7) is 7.34. The summed E-state index contributed by atoms with van der Waals surface area (Å²) < 4.78 is 0. The number of aliphatic hydroxyl groups is 1. The second kappa shape index (κ2) is 6.41. The highest BCUT2D eigenvalue weighted by Gasteiger charge is 2.32. The lowest BCUT2D eigenvalue weighted by atomic mass is 9.80. The molecule has 1 amide bonds. The number of amides is 1. The van der Waals surface area contributed by atoms with Gasteiger partial charge in [-0.1, -0.05) is 18.5 Å². The first-order valence-corrected chi connectivity index (χ1v) is 8.91. The SMILES string of the molecule is CC1CN(C(=O)c2cc3cc(Cl)ccc3[nH]2)CCC1CC(C)(C)O. The maximum absolute atomic E-state index is 12.8. The highest BCUT2D eigenvalue weighted by Crippen LogP contribution is 2.31. The van der Waals surface area contributed by atoms with E-state index in [1.54, 1.807) is 0 Å². The van der Waals surface area contributed by atoms with Crippen molar-refractivity contribution in [3.8, 4) is 0 Å². The molecule has 0 bridgehead atoms. The molecular formula is C19H25ClN2O2. The van der Waals surface area contributed by atoms with Crippen molar-refractivity contribution in [1.82, 2.24) is 9.88 Å². The molecule has 130 valence electrons. The van der Waals surface area contributed by atoms with Crippen LogP contribution in [0.5, 0.6) is 0 Å². The van der Waals surface area contributed by atoms with Gasteiger partial charge in [-0.2, -0.15) is 0 Å². The Morgan fingerprint density at radius 2 is 2.17 bits per heavy atom. The molecule has 3 rings (SSSR count). The Balaban J connectivity index is 1.71. The Kier molecular flexibility index (Phi) is 4.63. The van der Waals surface area contributed by atoms with Gasteiger partial charge in [-0.25, -0.2) is 0 Å². The smallest absolute Gasteiger partial charge is 0.270 e. The zero-order valence-corrected chi connectivity index (χ0v) is 15.2. The summed E-state index contributed by atoms with van der Waals surface area (Å²) in [6.07, 6.45) is 1.71. The molecule has 1 aliphatic heterocycles. The van der Waals surface area contributed by atoms with Crippen molar-refractivity contribution in [2.45, 2.75) is 39.2 Å². The third kappa shape index (κ3) is 3.76.